The van der Waals surface area contributed by atoms with Crippen molar-refractivity contribution in [2.45, 2.75) is 6.29 Å². The van der Waals surface area contributed by atoms with Gasteiger partial charge in [0.1, 0.15) is 11.4 Å². The Kier molecular flexibility index (Phi) is 4.39. The van der Waals surface area contributed by atoms with E-state index < -0.39 is 18.2 Å². The van der Waals surface area contributed by atoms with Gasteiger partial charge in [0.2, 0.25) is 0 Å². The lowest BCUT2D eigenvalue weighted by atomic mass is 10.2. The van der Waals surface area contributed by atoms with Gasteiger partial charge < -0.3 is 19.9 Å². The van der Waals surface area contributed by atoms with Gasteiger partial charge in [0.15, 0.2) is 5.03 Å². The van der Waals surface area contributed by atoms with Crippen LogP contribution in [0.15, 0.2) is 65.3 Å². The SMILES string of the molecule is O=C1OC(OC(=O)c2ccccc2)C(Nc2cccc(O)c2)=C1Cl. The summed E-state index contributed by atoms with van der Waals surface area (Å²) in [4.78, 5) is 23.8. The van der Waals surface area contributed by atoms with Crippen LogP contribution in [-0.4, -0.2) is 23.3 Å². The van der Waals surface area contributed by atoms with Crippen molar-refractivity contribution in [1.29, 1.82) is 0 Å². The number of esters is 2. The van der Waals surface area contributed by atoms with Crippen molar-refractivity contribution in [3.63, 3.8) is 0 Å². The molecule has 3 rings (SSSR count). The van der Waals surface area contributed by atoms with Crippen molar-refractivity contribution in [3.05, 3.63) is 70.9 Å². The smallest absolute Gasteiger partial charge is 0.355 e. The largest absolute Gasteiger partial charge is 0.508 e. The lowest BCUT2D eigenvalue weighted by molar-refractivity contribution is -0.152. The molecule has 0 bridgehead atoms. The Bertz CT molecular complexity index is 819. The van der Waals surface area contributed by atoms with Crippen LogP contribution in [0.3, 0.4) is 0 Å². The van der Waals surface area contributed by atoms with Gasteiger partial charge in [-0.25, -0.2) is 9.59 Å². The molecule has 2 aromatic carbocycles. The fourth-order valence-electron chi connectivity index (χ4n) is 2.10. The molecule has 1 unspecified atom stereocenters. The summed E-state index contributed by atoms with van der Waals surface area (Å²) < 4.78 is 10.2. The minimum Gasteiger partial charge on any atom is -0.508 e. The summed E-state index contributed by atoms with van der Waals surface area (Å²) >= 11 is 5.93. The number of nitrogens with one attached hydrogen (secondary N) is 1. The zero-order valence-electron chi connectivity index (χ0n) is 12.2. The number of phenolic OH excluding ortho intramolecular Hbond substituents is 1. The third kappa shape index (κ3) is 3.33. The van der Waals surface area contributed by atoms with Gasteiger partial charge >= 0.3 is 11.9 Å². The van der Waals surface area contributed by atoms with Crippen LogP contribution in [0.5, 0.6) is 5.75 Å². The van der Waals surface area contributed by atoms with E-state index in [1.54, 1.807) is 42.5 Å². The molecule has 1 atom stereocenters. The zero-order chi connectivity index (χ0) is 17.1. The molecule has 1 aliphatic heterocycles. The number of carbonyl (C=O) groups excluding carboxylic acids is 2. The molecule has 2 aromatic rings. The molecule has 122 valence electrons. The van der Waals surface area contributed by atoms with Crippen LogP contribution in [0.2, 0.25) is 0 Å². The van der Waals surface area contributed by atoms with Gasteiger partial charge in [-0.05, 0) is 24.3 Å². The molecule has 0 radical (unpaired) electrons. The van der Waals surface area contributed by atoms with Crippen LogP contribution < -0.4 is 5.32 Å². The first kappa shape index (κ1) is 15.9. The Morgan fingerprint density at radius 3 is 2.62 bits per heavy atom. The van der Waals surface area contributed by atoms with Gasteiger partial charge in [-0.3, -0.25) is 0 Å². The molecule has 0 aromatic heterocycles. The monoisotopic (exact) mass is 345 g/mol. The van der Waals surface area contributed by atoms with Crippen LogP contribution >= 0.6 is 11.6 Å². The standard InChI is InChI=1S/C17H12ClNO5/c18-13-14(19-11-7-4-8-12(20)9-11)17(24-16(13)22)23-15(21)10-5-2-1-3-6-10/h1-9,17,19-20H. The maximum absolute atomic E-state index is 12.1. The Labute approximate surface area is 142 Å². The summed E-state index contributed by atoms with van der Waals surface area (Å²) in [6.07, 6.45) is -1.29. The molecule has 0 fully saturated rings. The van der Waals surface area contributed by atoms with Crippen LogP contribution in [0, 0.1) is 0 Å². The predicted octanol–water partition coefficient (Wildman–Crippen LogP) is 2.99. The van der Waals surface area contributed by atoms with E-state index in [9.17, 15) is 14.7 Å². The van der Waals surface area contributed by atoms with Crippen molar-refractivity contribution in [2.24, 2.45) is 0 Å². The Balaban J connectivity index is 1.80. The van der Waals surface area contributed by atoms with E-state index in [0.717, 1.165) is 0 Å². The van der Waals surface area contributed by atoms with Crippen LogP contribution in [-0.2, 0) is 14.3 Å². The number of cyclic esters (lactones) is 1. The third-order valence-electron chi connectivity index (χ3n) is 3.21. The summed E-state index contributed by atoms with van der Waals surface area (Å²) in [5.41, 5.74) is 0.868. The topological polar surface area (TPSA) is 84.9 Å². The van der Waals surface area contributed by atoms with Crippen molar-refractivity contribution >= 4 is 29.2 Å². The van der Waals surface area contributed by atoms with E-state index in [-0.39, 0.29) is 16.5 Å². The molecule has 0 aliphatic carbocycles. The number of aromatic hydroxyl groups is 1. The lowest BCUT2D eigenvalue weighted by Gasteiger charge is -2.16. The molecule has 1 aliphatic rings. The first-order valence-corrected chi connectivity index (χ1v) is 7.35. The number of carbonyl (C=O) groups is 2. The highest BCUT2D eigenvalue weighted by Crippen LogP contribution is 2.29. The molecule has 0 spiro atoms. The minimum absolute atomic E-state index is 0.0276. The molecule has 0 saturated carbocycles. The molecule has 1 heterocycles. The summed E-state index contributed by atoms with van der Waals surface area (Å²) in [5.74, 6) is -1.43. The lowest BCUT2D eigenvalue weighted by Crippen LogP contribution is -2.24. The van der Waals surface area contributed by atoms with Gasteiger partial charge in [0.05, 0.1) is 5.56 Å². The normalized spacial score (nSPS) is 16.7. The number of hydrogen-bond donors (Lipinski definition) is 2. The molecule has 2 N–H and O–H groups in total. The molecule has 7 heteroatoms. The number of ether oxygens (including phenoxy) is 2. The van der Waals surface area contributed by atoms with Gasteiger partial charge in [0, 0.05) is 11.8 Å². The van der Waals surface area contributed by atoms with E-state index in [2.05, 4.69) is 5.32 Å². The molecule has 0 amide bonds. The van der Waals surface area contributed by atoms with E-state index in [0.29, 0.717) is 11.3 Å². The quantitative estimate of drug-likeness (QED) is 0.829. The predicted molar refractivity (Wildman–Crippen MR) is 86.3 cm³/mol. The Hall–Kier alpha value is -2.99. The van der Waals surface area contributed by atoms with Crippen molar-refractivity contribution in [1.82, 2.24) is 0 Å². The van der Waals surface area contributed by atoms with E-state index >= 15 is 0 Å². The summed E-state index contributed by atoms with van der Waals surface area (Å²) in [6.45, 7) is 0. The summed E-state index contributed by atoms with van der Waals surface area (Å²) in [6, 6.07) is 14.5. The molecule has 0 saturated heterocycles. The minimum atomic E-state index is -1.29. The van der Waals surface area contributed by atoms with Gasteiger partial charge in [-0.1, -0.05) is 35.9 Å². The Morgan fingerprint density at radius 2 is 1.92 bits per heavy atom. The third-order valence-corrected chi connectivity index (χ3v) is 3.57. The van der Waals surface area contributed by atoms with Crippen molar-refractivity contribution in [3.8, 4) is 5.75 Å². The summed E-state index contributed by atoms with van der Waals surface area (Å²) in [7, 11) is 0. The first-order chi connectivity index (χ1) is 11.5. The van der Waals surface area contributed by atoms with Gasteiger partial charge in [0.25, 0.3) is 6.29 Å². The second-order valence-electron chi connectivity index (χ2n) is 4.91. The fourth-order valence-corrected chi connectivity index (χ4v) is 2.28. The van der Waals surface area contributed by atoms with Crippen molar-refractivity contribution < 1.29 is 24.2 Å². The molecular weight excluding hydrogens is 334 g/mol. The number of hydrogen-bond acceptors (Lipinski definition) is 6. The maximum Gasteiger partial charge on any atom is 0.355 e. The van der Waals surface area contributed by atoms with E-state index in [1.165, 1.54) is 12.1 Å². The number of halogens is 1. The highest BCUT2D eigenvalue weighted by Gasteiger charge is 2.36. The molecule has 6 nitrogen and oxygen atoms in total. The average molecular weight is 346 g/mol. The first-order valence-electron chi connectivity index (χ1n) is 6.97. The van der Waals surface area contributed by atoms with E-state index in [4.69, 9.17) is 21.1 Å². The zero-order valence-corrected chi connectivity index (χ0v) is 13.0. The number of anilines is 1. The second kappa shape index (κ2) is 6.64. The second-order valence-corrected chi connectivity index (χ2v) is 5.29. The highest BCUT2D eigenvalue weighted by atomic mass is 35.5. The number of rotatable bonds is 4. The van der Waals surface area contributed by atoms with Crippen LogP contribution in [0.1, 0.15) is 10.4 Å². The average Bonchev–Trinajstić information content (AvgIpc) is 2.83. The number of phenols is 1. The van der Waals surface area contributed by atoms with Crippen LogP contribution in [0.25, 0.3) is 0 Å². The van der Waals surface area contributed by atoms with Gasteiger partial charge in [-0.2, -0.15) is 0 Å². The van der Waals surface area contributed by atoms with Crippen molar-refractivity contribution in [2.75, 3.05) is 5.32 Å². The van der Waals surface area contributed by atoms with E-state index in [1.807, 2.05) is 0 Å². The maximum atomic E-state index is 12.1. The highest BCUT2D eigenvalue weighted by molar-refractivity contribution is 6.42. The summed E-state index contributed by atoms with van der Waals surface area (Å²) in [5, 5.41) is 12.1. The number of benzene rings is 2. The molecular formula is C17H12ClNO5. The fraction of sp³-hybridized carbons (Fsp3) is 0.0588. The molecule has 24 heavy (non-hydrogen) atoms. The Morgan fingerprint density at radius 1 is 1.17 bits per heavy atom. The van der Waals surface area contributed by atoms with Crippen LogP contribution in [0.4, 0.5) is 5.69 Å². The van der Waals surface area contributed by atoms with Gasteiger partial charge in [-0.15, -0.1) is 0 Å².